The lowest BCUT2D eigenvalue weighted by molar-refractivity contribution is 0.0623. The molecule has 1 fully saturated rings. The third kappa shape index (κ3) is 7.27. The number of nitrogens with one attached hydrogen (secondary N) is 1. The van der Waals surface area contributed by atoms with E-state index in [9.17, 15) is 9.59 Å². The van der Waals surface area contributed by atoms with Crippen molar-refractivity contribution >= 4 is 40.6 Å². The zero-order chi connectivity index (χ0) is 25.3. The van der Waals surface area contributed by atoms with Gasteiger partial charge in [-0.2, -0.15) is 0 Å². The summed E-state index contributed by atoms with van der Waals surface area (Å²) in [5.74, 6) is -0.0660. The molecule has 0 saturated carbocycles. The predicted molar refractivity (Wildman–Crippen MR) is 142 cm³/mol. The van der Waals surface area contributed by atoms with Gasteiger partial charge < -0.3 is 19.9 Å². The molecule has 8 nitrogen and oxygen atoms in total. The maximum absolute atomic E-state index is 13.1. The van der Waals surface area contributed by atoms with Crippen molar-refractivity contribution in [2.45, 2.75) is 13.1 Å². The summed E-state index contributed by atoms with van der Waals surface area (Å²) in [5.41, 5.74) is 2.31. The van der Waals surface area contributed by atoms with Gasteiger partial charge in [0.25, 0.3) is 5.91 Å². The Morgan fingerprint density at radius 2 is 1.89 bits per heavy atom. The van der Waals surface area contributed by atoms with E-state index in [0.29, 0.717) is 47.7 Å². The highest BCUT2D eigenvalue weighted by atomic mass is 35.5. The van der Waals surface area contributed by atoms with Crippen molar-refractivity contribution in [3.05, 3.63) is 81.3 Å². The molecule has 0 radical (unpaired) electrons. The molecule has 1 aliphatic heterocycles. The first-order valence-corrected chi connectivity index (χ1v) is 13.1. The fourth-order valence-electron chi connectivity index (χ4n) is 3.98. The monoisotopic (exact) mass is 527 g/mol. The predicted octanol–water partition coefficient (Wildman–Crippen LogP) is 4.44. The normalized spacial score (nSPS) is 14.0. The molecule has 36 heavy (non-hydrogen) atoms. The van der Waals surface area contributed by atoms with E-state index in [1.807, 2.05) is 23.1 Å². The van der Waals surface area contributed by atoms with Crippen LogP contribution in [0.4, 0.5) is 10.5 Å². The standard InChI is InChI=1S/C26H30ClN5O3S/c1-35-15-14-32(26(34)28-22-9-5-8-21(27)16-22)18-24-29-23(19-36-24)25(33)31-12-10-30(11-13-31)17-20-6-3-2-4-7-20/h2-9,16,19H,10-15,17-18H2,1H3,(H,28,34). The van der Waals surface area contributed by atoms with Crippen molar-refractivity contribution in [1.82, 2.24) is 19.7 Å². The number of halogens is 1. The number of rotatable bonds is 9. The lowest BCUT2D eigenvalue weighted by Crippen LogP contribution is -2.48. The molecule has 4 rings (SSSR count). The first-order chi connectivity index (χ1) is 17.5. The number of hydrogen-bond donors (Lipinski definition) is 1. The van der Waals surface area contributed by atoms with Gasteiger partial charge in [0.15, 0.2) is 0 Å². The molecule has 3 aromatic rings. The minimum Gasteiger partial charge on any atom is -0.383 e. The molecule has 0 bridgehead atoms. The fraction of sp³-hybridized carbons (Fsp3) is 0.346. The van der Waals surface area contributed by atoms with Crippen molar-refractivity contribution in [2.24, 2.45) is 0 Å². The number of anilines is 1. The second kappa shape index (κ2) is 12.8. The summed E-state index contributed by atoms with van der Waals surface area (Å²) < 4.78 is 5.17. The van der Waals surface area contributed by atoms with Gasteiger partial charge in [0.05, 0.1) is 13.2 Å². The molecule has 1 aliphatic rings. The lowest BCUT2D eigenvalue weighted by atomic mass is 10.2. The number of aromatic nitrogens is 1. The van der Waals surface area contributed by atoms with E-state index >= 15 is 0 Å². The lowest BCUT2D eigenvalue weighted by Gasteiger charge is -2.34. The van der Waals surface area contributed by atoms with Gasteiger partial charge in [-0.05, 0) is 23.8 Å². The molecule has 1 aromatic heterocycles. The second-order valence-corrected chi connectivity index (χ2v) is 9.91. The molecule has 2 heterocycles. The Hall–Kier alpha value is -2.98. The third-order valence-electron chi connectivity index (χ3n) is 5.93. The molecule has 0 aliphatic carbocycles. The van der Waals surface area contributed by atoms with Gasteiger partial charge in [-0.3, -0.25) is 9.69 Å². The van der Waals surface area contributed by atoms with Crippen LogP contribution in [0.5, 0.6) is 0 Å². The highest BCUT2D eigenvalue weighted by Gasteiger charge is 2.24. The van der Waals surface area contributed by atoms with Crippen LogP contribution in [-0.4, -0.2) is 78.1 Å². The zero-order valence-electron chi connectivity index (χ0n) is 20.2. The van der Waals surface area contributed by atoms with Crippen LogP contribution >= 0.6 is 22.9 Å². The van der Waals surface area contributed by atoms with Crippen molar-refractivity contribution in [1.29, 1.82) is 0 Å². The number of methoxy groups -OCH3 is 1. The van der Waals surface area contributed by atoms with Crippen LogP contribution in [0.2, 0.25) is 5.02 Å². The van der Waals surface area contributed by atoms with Crippen LogP contribution < -0.4 is 5.32 Å². The first kappa shape index (κ1) is 26.1. The molecule has 10 heteroatoms. The Labute approximate surface area is 220 Å². The minimum absolute atomic E-state index is 0.0660. The molecule has 0 atom stereocenters. The van der Waals surface area contributed by atoms with Gasteiger partial charge in [0, 0.05) is 62.5 Å². The zero-order valence-corrected chi connectivity index (χ0v) is 21.8. The average Bonchev–Trinajstić information content (AvgIpc) is 3.36. The van der Waals surface area contributed by atoms with Gasteiger partial charge >= 0.3 is 6.03 Å². The summed E-state index contributed by atoms with van der Waals surface area (Å²) in [6, 6.07) is 17.1. The first-order valence-electron chi connectivity index (χ1n) is 11.8. The van der Waals surface area contributed by atoms with E-state index in [-0.39, 0.29) is 18.5 Å². The number of piperazine rings is 1. The van der Waals surface area contributed by atoms with Crippen LogP contribution in [0.3, 0.4) is 0 Å². The van der Waals surface area contributed by atoms with Gasteiger partial charge in [-0.1, -0.05) is 48.0 Å². The fourth-order valence-corrected chi connectivity index (χ4v) is 4.95. The van der Waals surface area contributed by atoms with Gasteiger partial charge in [0.1, 0.15) is 10.7 Å². The molecular weight excluding hydrogens is 498 g/mol. The number of carbonyl (C=O) groups excluding carboxylic acids is 2. The Kier molecular flexibility index (Phi) is 9.29. The maximum atomic E-state index is 13.1. The molecule has 2 aromatic carbocycles. The Morgan fingerprint density at radius 3 is 2.61 bits per heavy atom. The SMILES string of the molecule is COCCN(Cc1nc(C(=O)N2CCN(Cc3ccccc3)CC2)cs1)C(=O)Nc1cccc(Cl)c1. The number of nitrogens with zero attached hydrogens (tertiary/aromatic N) is 4. The van der Waals surface area contributed by atoms with E-state index in [1.54, 1.807) is 41.7 Å². The number of benzene rings is 2. The summed E-state index contributed by atoms with van der Waals surface area (Å²) in [5, 5.41) is 5.87. The van der Waals surface area contributed by atoms with Crippen LogP contribution in [0.25, 0.3) is 0 Å². The topological polar surface area (TPSA) is 78.0 Å². The summed E-state index contributed by atoms with van der Waals surface area (Å²) in [6.07, 6.45) is 0. The minimum atomic E-state index is -0.285. The number of amides is 3. The van der Waals surface area contributed by atoms with Crippen LogP contribution in [0.15, 0.2) is 60.0 Å². The van der Waals surface area contributed by atoms with Crippen molar-refractivity contribution in [3.63, 3.8) is 0 Å². The van der Waals surface area contributed by atoms with E-state index in [2.05, 4.69) is 27.3 Å². The van der Waals surface area contributed by atoms with Crippen molar-refractivity contribution in [3.8, 4) is 0 Å². The molecular formula is C26H30ClN5O3S. The molecule has 3 amide bonds. The summed E-state index contributed by atoms with van der Waals surface area (Å²) in [4.78, 5) is 36.3. The average molecular weight is 528 g/mol. The summed E-state index contributed by atoms with van der Waals surface area (Å²) >= 11 is 7.41. The number of ether oxygens (including phenoxy) is 1. The van der Waals surface area contributed by atoms with Gasteiger partial charge in [-0.25, -0.2) is 9.78 Å². The summed E-state index contributed by atoms with van der Waals surface area (Å²) in [7, 11) is 1.59. The number of urea groups is 1. The highest BCUT2D eigenvalue weighted by Crippen LogP contribution is 2.18. The smallest absolute Gasteiger partial charge is 0.322 e. The van der Waals surface area contributed by atoms with Crippen LogP contribution in [-0.2, 0) is 17.8 Å². The molecule has 0 spiro atoms. The molecule has 0 unspecified atom stereocenters. The quantitative estimate of drug-likeness (QED) is 0.445. The Balaban J connectivity index is 1.33. The van der Waals surface area contributed by atoms with Crippen LogP contribution in [0.1, 0.15) is 21.1 Å². The molecule has 1 saturated heterocycles. The van der Waals surface area contributed by atoms with Crippen molar-refractivity contribution in [2.75, 3.05) is 51.8 Å². The number of carbonyl (C=O) groups is 2. The largest absolute Gasteiger partial charge is 0.383 e. The van der Waals surface area contributed by atoms with Gasteiger partial charge in [-0.15, -0.1) is 11.3 Å². The van der Waals surface area contributed by atoms with E-state index < -0.39 is 0 Å². The second-order valence-electron chi connectivity index (χ2n) is 8.54. The van der Waals surface area contributed by atoms with Crippen molar-refractivity contribution < 1.29 is 14.3 Å². The third-order valence-corrected chi connectivity index (χ3v) is 7.00. The Bertz CT molecular complexity index is 1150. The number of thiazole rings is 1. The van der Waals surface area contributed by atoms with Gasteiger partial charge in [0.2, 0.25) is 0 Å². The van der Waals surface area contributed by atoms with E-state index in [0.717, 1.165) is 19.6 Å². The van der Waals surface area contributed by atoms with Crippen LogP contribution in [0, 0.1) is 0 Å². The highest BCUT2D eigenvalue weighted by molar-refractivity contribution is 7.09. The molecule has 190 valence electrons. The van der Waals surface area contributed by atoms with E-state index in [4.69, 9.17) is 16.3 Å². The molecule has 1 N–H and O–H groups in total. The Morgan fingerprint density at radius 1 is 1.11 bits per heavy atom. The van der Waals surface area contributed by atoms with E-state index in [1.165, 1.54) is 16.9 Å². The number of hydrogen-bond acceptors (Lipinski definition) is 6. The summed E-state index contributed by atoms with van der Waals surface area (Å²) in [6.45, 7) is 4.92. The maximum Gasteiger partial charge on any atom is 0.322 e.